The minimum Gasteiger partial charge on any atom is -0.496 e. The molecule has 0 saturated heterocycles. The molecule has 1 rings (SSSR count). The quantitative estimate of drug-likeness (QED) is 0.848. The SMILES string of the molecule is COc1cc(C(O)CN)ccc1Br. The summed E-state index contributed by atoms with van der Waals surface area (Å²) in [6, 6.07) is 5.40. The molecule has 0 saturated carbocycles. The Morgan fingerprint density at radius 1 is 1.62 bits per heavy atom. The first-order chi connectivity index (χ1) is 6.19. The van der Waals surface area contributed by atoms with Crippen LogP contribution in [0.3, 0.4) is 0 Å². The molecule has 0 aliphatic rings. The lowest BCUT2D eigenvalue weighted by atomic mass is 10.1. The van der Waals surface area contributed by atoms with Crippen molar-refractivity contribution in [3.05, 3.63) is 28.2 Å². The number of benzene rings is 1. The van der Waals surface area contributed by atoms with Gasteiger partial charge in [-0.1, -0.05) is 6.07 Å². The van der Waals surface area contributed by atoms with E-state index in [0.29, 0.717) is 5.75 Å². The van der Waals surface area contributed by atoms with Crippen LogP contribution in [0.2, 0.25) is 0 Å². The molecule has 13 heavy (non-hydrogen) atoms. The number of nitrogens with two attached hydrogens (primary N) is 1. The van der Waals surface area contributed by atoms with Crippen LogP contribution in [-0.4, -0.2) is 18.8 Å². The number of methoxy groups -OCH3 is 1. The van der Waals surface area contributed by atoms with Gasteiger partial charge in [-0.25, -0.2) is 0 Å². The number of hydrogen-bond donors (Lipinski definition) is 2. The van der Waals surface area contributed by atoms with Gasteiger partial charge in [0.15, 0.2) is 0 Å². The van der Waals surface area contributed by atoms with Crippen molar-refractivity contribution in [3.63, 3.8) is 0 Å². The second-order valence-corrected chi connectivity index (χ2v) is 3.50. The van der Waals surface area contributed by atoms with E-state index in [2.05, 4.69) is 15.9 Å². The van der Waals surface area contributed by atoms with E-state index in [-0.39, 0.29) is 6.54 Å². The second-order valence-electron chi connectivity index (χ2n) is 2.65. The monoisotopic (exact) mass is 245 g/mol. The number of aliphatic hydroxyl groups is 1. The first-order valence-corrected chi connectivity index (χ1v) is 4.70. The van der Waals surface area contributed by atoms with Crippen molar-refractivity contribution in [1.29, 1.82) is 0 Å². The highest BCUT2D eigenvalue weighted by Crippen LogP contribution is 2.27. The molecule has 0 bridgehead atoms. The zero-order valence-corrected chi connectivity index (χ0v) is 8.91. The Hall–Kier alpha value is -0.580. The normalized spacial score (nSPS) is 12.6. The Kier molecular flexibility index (Phi) is 3.71. The van der Waals surface area contributed by atoms with Crippen LogP contribution in [-0.2, 0) is 0 Å². The predicted molar refractivity (Wildman–Crippen MR) is 54.7 cm³/mol. The molecule has 0 aromatic heterocycles. The standard InChI is InChI=1S/C9H12BrNO2/c1-13-9-4-6(8(12)5-11)2-3-7(9)10/h2-4,8,12H,5,11H2,1H3. The predicted octanol–water partition coefficient (Wildman–Crippen LogP) is 1.45. The average molecular weight is 246 g/mol. The van der Waals surface area contributed by atoms with Crippen LogP contribution in [0.4, 0.5) is 0 Å². The molecule has 0 radical (unpaired) electrons. The van der Waals surface area contributed by atoms with Crippen LogP contribution in [0.1, 0.15) is 11.7 Å². The lowest BCUT2D eigenvalue weighted by molar-refractivity contribution is 0.186. The number of aliphatic hydroxyl groups excluding tert-OH is 1. The number of rotatable bonds is 3. The zero-order valence-electron chi connectivity index (χ0n) is 7.33. The van der Waals surface area contributed by atoms with Crippen LogP contribution >= 0.6 is 15.9 Å². The minimum absolute atomic E-state index is 0.213. The van der Waals surface area contributed by atoms with E-state index < -0.39 is 6.10 Å². The van der Waals surface area contributed by atoms with E-state index in [1.807, 2.05) is 12.1 Å². The minimum atomic E-state index is -0.623. The van der Waals surface area contributed by atoms with Crippen LogP contribution in [0.5, 0.6) is 5.75 Å². The van der Waals surface area contributed by atoms with Gasteiger partial charge in [0, 0.05) is 6.54 Å². The summed E-state index contributed by atoms with van der Waals surface area (Å²) in [5.74, 6) is 0.699. The maximum absolute atomic E-state index is 9.44. The molecular formula is C9H12BrNO2. The van der Waals surface area contributed by atoms with Crippen molar-refractivity contribution in [3.8, 4) is 5.75 Å². The van der Waals surface area contributed by atoms with Gasteiger partial charge in [0.25, 0.3) is 0 Å². The topological polar surface area (TPSA) is 55.5 Å². The number of hydrogen-bond acceptors (Lipinski definition) is 3. The summed E-state index contributed by atoms with van der Waals surface area (Å²) in [6.07, 6.45) is -0.623. The van der Waals surface area contributed by atoms with Crippen LogP contribution in [0.25, 0.3) is 0 Å². The fourth-order valence-corrected chi connectivity index (χ4v) is 1.43. The van der Waals surface area contributed by atoms with E-state index in [9.17, 15) is 5.11 Å². The summed E-state index contributed by atoms with van der Waals surface area (Å²) >= 11 is 3.32. The lowest BCUT2D eigenvalue weighted by Gasteiger charge is -2.10. The third kappa shape index (κ3) is 2.43. The van der Waals surface area contributed by atoms with E-state index in [1.54, 1.807) is 13.2 Å². The summed E-state index contributed by atoms with van der Waals surface area (Å²) in [6.45, 7) is 0.213. The summed E-state index contributed by atoms with van der Waals surface area (Å²) in [5.41, 5.74) is 6.10. The molecule has 3 nitrogen and oxygen atoms in total. The molecule has 1 aromatic carbocycles. The average Bonchev–Trinajstić information content (AvgIpc) is 2.17. The van der Waals surface area contributed by atoms with Gasteiger partial charge in [-0.2, -0.15) is 0 Å². The molecule has 0 fully saturated rings. The van der Waals surface area contributed by atoms with Crippen molar-refractivity contribution in [1.82, 2.24) is 0 Å². The van der Waals surface area contributed by atoms with Gasteiger partial charge in [-0.3, -0.25) is 0 Å². The molecule has 0 heterocycles. The maximum atomic E-state index is 9.44. The van der Waals surface area contributed by atoms with Crippen LogP contribution < -0.4 is 10.5 Å². The van der Waals surface area contributed by atoms with Gasteiger partial charge >= 0.3 is 0 Å². The molecule has 0 amide bonds. The number of ether oxygens (including phenoxy) is 1. The van der Waals surface area contributed by atoms with Gasteiger partial charge in [0.05, 0.1) is 17.7 Å². The highest BCUT2D eigenvalue weighted by molar-refractivity contribution is 9.10. The van der Waals surface area contributed by atoms with Gasteiger partial charge in [-0.05, 0) is 33.6 Å². The van der Waals surface area contributed by atoms with E-state index in [0.717, 1.165) is 10.0 Å². The highest BCUT2D eigenvalue weighted by Gasteiger charge is 2.07. The van der Waals surface area contributed by atoms with Gasteiger partial charge in [0.2, 0.25) is 0 Å². The lowest BCUT2D eigenvalue weighted by Crippen LogP contribution is -2.11. The fourth-order valence-electron chi connectivity index (χ4n) is 1.02. The molecule has 1 atom stereocenters. The van der Waals surface area contributed by atoms with Gasteiger partial charge < -0.3 is 15.6 Å². The Morgan fingerprint density at radius 3 is 2.85 bits per heavy atom. The molecule has 0 spiro atoms. The van der Waals surface area contributed by atoms with E-state index in [1.165, 1.54) is 0 Å². The first kappa shape index (κ1) is 10.5. The largest absolute Gasteiger partial charge is 0.496 e. The Balaban J connectivity index is 2.99. The molecule has 0 aliphatic carbocycles. The Labute approximate surface area is 85.6 Å². The smallest absolute Gasteiger partial charge is 0.133 e. The van der Waals surface area contributed by atoms with E-state index in [4.69, 9.17) is 10.5 Å². The Bertz CT molecular complexity index is 291. The molecule has 3 N–H and O–H groups in total. The molecule has 1 aromatic rings. The van der Waals surface area contributed by atoms with Crippen molar-refractivity contribution in [2.24, 2.45) is 5.73 Å². The summed E-state index contributed by atoms with van der Waals surface area (Å²) in [4.78, 5) is 0. The van der Waals surface area contributed by atoms with Crippen molar-refractivity contribution < 1.29 is 9.84 Å². The highest BCUT2D eigenvalue weighted by atomic mass is 79.9. The first-order valence-electron chi connectivity index (χ1n) is 3.90. The molecule has 1 unspecified atom stereocenters. The molecule has 4 heteroatoms. The summed E-state index contributed by atoms with van der Waals surface area (Å²) in [5, 5.41) is 9.44. The third-order valence-electron chi connectivity index (χ3n) is 1.78. The van der Waals surface area contributed by atoms with Gasteiger partial charge in [-0.15, -0.1) is 0 Å². The molecule has 0 aliphatic heterocycles. The van der Waals surface area contributed by atoms with Crippen LogP contribution in [0, 0.1) is 0 Å². The zero-order chi connectivity index (χ0) is 9.84. The fraction of sp³-hybridized carbons (Fsp3) is 0.333. The van der Waals surface area contributed by atoms with Crippen LogP contribution in [0.15, 0.2) is 22.7 Å². The van der Waals surface area contributed by atoms with Crippen molar-refractivity contribution in [2.45, 2.75) is 6.10 Å². The number of halogens is 1. The summed E-state index contributed by atoms with van der Waals surface area (Å²) < 4.78 is 5.95. The maximum Gasteiger partial charge on any atom is 0.133 e. The van der Waals surface area contributed by atoms with Gasteiger partial charge in [0.1, 0.15) is 5.75 Å². The third-order valence-corrected chi connectivity index (χ3v) is 2.44. The van der Waals surface area contributed by atoms with Crippen molar-refractivity contribution >= 4 is 15.9 Å². The summed E-state index contributed by atoms with van der Waals surface area (Å²) in [7, 11) is 1.58. The molecule has 72 valence electrons. The van der Waals surface area contributed by atoms with E-state index >= 15 is 0 Å². The van der Waals surface area contributed by atoms with Crippen molar-refractivity contribution in [2.75, 3.05) is 13.7 Å². The Morgan fingerprint density at radius 2 is 2.31 bits per heavy atom. The molecular weight excluding hydrogens is 234 g/mol. The second kappa shape index (κ2) is 4.60.